The summed E-state index contributed by atoms with van der Waals surface area (Å²) in [5.74, 6) is -1.13. The van der Waals surface area contributed by atoms with Crippen LogP contribution in [0.5, 0.6) is 5.75 Å². The second-order valence-electron chi connectivity index (χ2n) is 5.50. The van der Waals surface area contributed by atoms with E-state index in [0.717, 1.165) is 5.56 Å². The van der Waals surface area contributed by atoms with Crippen molar-refractivity contribution >= 4 is 11.7 Å². The topological polar surface area (TPSA) is 79.2 Å². The maximum atomic E-state index is 13.3. The van der Waals surface area contributed by atoms with Crippen molar-refractivity contribution in [3.63, 3.8) is 0 Å². The number of hydrogen-bond acceptors (Lipinski definition) is 3. The first kappa shape index (κ1) is 16.5. The van der Waals surface area contributed by atoms with E-state index < -0.39 is 17.6 Å². The highest BCUT2D eigenvalue weighted by molar-refractivity contribution is 5.89. The zero-order valence-corrected chi connectivity index (χ0v) is 13.3. The Morgan fingerprint density at radius 2 is 2.04 bits per heavy atom. The molecular formula is C18H17FN4O2. The number of phenolic OH excluding ortho intramolecular Hbond substituents is 1. The largest absolute Gasteiger partial charge is 0.505 e. The monoisotopic (exact) mass is 340 g/mol. The van der Waals surface area contributed by atoms with Gasteiger partial charge in [-0.3, -0.25) is 4.68 Å². The van der Waals surface area contributed by atoms with Crippen molar-refractivity contribution in [3.8, 4) is 5.75 Å². The van der Waals surface area contributed by atoms with Crippen LogP contribution in [0.1, 0.15) is 11.1 Å². The third-order valence-corrected chi connectivity index (χ3v) is 3.55. The van der Waals surface area contributed by atoms with Crippen molar-refractivity contribution in [3.05, 3.63) is 77.9 Å². The number of nitrogens with zero attached hydrogens (tertiary/aromatic N) is 2. The molecule has 0 unspecified atom stereocenters. The van der Waals surface area contributed by atoms with Gasteiger partial charge in [0.1, 0.15) is 0 Å². The number of halogens is 1. The van der Waals surface area contributed by atoms with Gasteiger partial charge in [-0.1, -0.05) is 18.2 Å². The van der Waals surface area contributed by atoms with Crippen LogP contribution < -0.4 is 10.6 Å². The highest BCUT2D eigenvalue weighted by Crippen LogP contribution is 2.16. The summed E-state index contributed by atoms with van der Waals surface area (Å²) in [6.45, 7) is 0.757. The number of carbonyl (C=O) groups is 1. The van der Waals surface area contributed by atoms with Crippen LogP contribution in [0.25, 0.3) is 0 Å². The Morgan fingerprint density at radius 1 is 1.16 bits per heavy atom. The quantitative estimate of drug-likeness (QED) is 0.668. The van der Waals surface area contributed by atoms with Gasteiger partial charge < -0.3 is 15.7 Å². The summed E-state index contributed by atoms with van der Waals surface area (Å²) in [5.41, 5.74) is 2.21. The van der Waals surface area contributed by atoms with Crippen LogP contribution in [-0.4, -0.2) is 20.9 Å². The van der Waals surface area contributed by atoms with Gasteiger partial charge in [0.25, 0.3) is 0 Å². The Hall–Kier alpha value is -3.35. The number of aromatic hydroxyl groups is 1. The van der Waals surface area contributed by atoms with E-state index in [1.807, 2.05) is 30.5 Å². The van der Waals surface area contributed by atoms with Gasteiger partial charge in [-0.05, 0) is 41.5 Å². The Kier molecular flexibility index (Phi) is 4.94. The Labute approximate surface area is 143 Å². The number of hydrogen-bond donors (Lipinski definition) is 3. The van der Waals surface area contributed by atoms with Crippen LogP contribution in [-0.2, 0) is 13.1 Å². The maximum absolute atomic E-state index is 13.3. The Morgan fingerprint density at radius 3 is 2.80 bits per heavy atom. The third kappa shape index (κ3) is 4.57. The Bertz CT molecular complexity index is 865. The summed E-state index contributed by atoms with van der Waals surface area (Å²) >= 11 is 0. The first-order valence-corrected chi connectivity index (χ1v) is 7.69. The summed E-state index contributed by atoms with van der Waals surface area (Å²) in [6, 6.07) is 12.9. The minimum absolute atomic E-state index is 0.149. The van der Waals surface area contributed by atoms with E-state index in [2.05, 4.69) is 15.7 Å². The third-order valence-electron chi connectivity index (χ3n) is 3.55. The predicted molar refractivity (Wildman–Crippen MR) is 91.7 cm³/mol. The van der Waals surface area contributed by atoms with Crippen molar-refractivity contribution in [2.45, 2.75) is 13.1 Å². The normalized spacial score (nSPS) is 10.4. The number of amides is 2. The molecule has 0 aliphatic rings. The molecule has 6 nitrogen and oxygen atoms in total. The lowest BCUT2D eigenvalue weighted by Crippen LogP contribution is -2.28. The number of carbonyl (C=O) groups excluding carboxylic acids is 1. The molecule has 3 N–H and O–H groups in total. The molecule has 0 bridgehead atoms. The van der Waals surface area contributed by atoms with Crippen molar-refractivity contribution < 1.29 is 14.3 Å². The van der Waals surface area contributed by atoms with Crippen LogP contribution in [0.2, 0.25) is 0 Å². The summed E-state index contributed by atoms with van der Waals surface area (Å²) in [6.07, 6.45) is 3.57. The fraction of sp³-hybridized carbons (Fsp3) is 0.111. The standard InChI is InChI=1S/C18H17FN4O2/c19-16-10-13(5-6-17(16)24)11-20-18(25)22-15-4-1-3-14(9-15)12-23-8-2-7-21-23/h1-10,24H,11-12H2,(H2,20,22,25). The lowest BCUT2D eigenvalue weighted by Gasteiger charge is -2.10. The van der Waals surface area contributed by atoms with E-state index in [-0.39, 0.29) is 6.54 Å². The minimum atomic E-state index is -0.717. The molecule has 0 saturated heterocycles. The highest BCUT2D eigenvalue weighted by Gasteiger charge is 2.05. The molecule has 128 valence electrons. The van der Waals surface area contributed by atoms with Crippen LogP contribution >= 0.6 is 0 Å². The summed E-state index contributed by atoms with van der Waals surface area (Å²) < 4.78 is 15.1. The first-order chi connectivity index (χ1) is 12.1. The van der Waals surface area contributed by atoms with Crippen LogP contribution in [0.3, 0.4) is 0 Å². The summed E-state index contributed by atoms with van der Waals surface area (Å²) in [5, 5.41) is 18.7. The molecule has 0 atom stereocenters. The molecule has 0 saturated carbocycles. The average molecular weight is 340 g/mol. The van der Waals surface area contributed by atoms with E-state index in [0.29, 0.717) is 17.8 Å². The van der Waals surface area contributed by atoms with Gasteiger partial charge in [0.05, 0.1) is 6.54 Å². The van der Waals surface area contributed by atoms with E-state index in [4.69, 9.17) is 5.11 Å². The predicted octanol–water partition coefficient (Wildman–Crippen LogP) is 3.10. The number of aromatic nitrogens is 2. The molecule has 0 spiro atoms. The lowest BCUT2D eigenvalue weighted by atomic mass is 10.2. The molecule has 2 aromatic carbocycles. The molecular weight excluding hydrogens is 323 g/mol. The fourth-order valence-corrected chi connectivity index (χ4v) is 2.35. The molecule has 0 radical (unpaired) electrons. The SMILES string of the molecule is O=C(NCc1ccc(O)c(F)c1)Nc1cccc(Cn2cccn2)c1. The molecule has 3 rings (SSSR count). The van der Waals surface area contributed by atoms with Gasteiger partial charge in [0.2, 0.25) is 0 Å². The summed E-state index contributed by atoms with van der Waals surface area (Å²) in [4.78, 5) is 12.0. The Balaban J connectivity index is 1.56. The molecule has 1 heterocycles. The minimum Gasteiger partial charge on any atom is -0.505 e. The van der Waals surface area contributed by atoms with Gasteiger partial charge in [0, 0.05) is 24.6 Å². The zero-order valence-electron chi connectivity index (χ0n) is 13.3. The number of nitrogens with one attached hydrogen (secondary N) is 2. The van der Waals surface area contributed by atoms with E-state index in [1.54, 1.807) is 23.0 Å². The van der Waals surface area contributed by atoms with Crippen LogP contribution in [0, 0.1) is 5.82 Å². The second kappa shape index (κ2) is 7.48. The van der Waals surface area contributed by atoms with Crippen molar-refractivity contribution in [2.24, 2.45) is 0 Å². The number of urea groups is 1. The zero-order chi connectivity index (χ0) is 17.6. The molecule has 0 fully saturated rings. The maximum Gasteiger partial charge on any atom is 0.319 e. The van der Waals surface area contributed by atoms with E-state index in [9.17, 15) is 9.18 Å². The number of benzene rings is 2. The first-order valence-electron chi connectivity index (χ1n) is 7.69. The number of anilines is 1. The second-order valence-corrected chi connectivity index (χ2v) is 5.50. The smallest absolute Gasteiger partial charge is 0.319 e. The van der Waals surface area contributed by atoms with Crippen molar-refractivity contribution in [1.29, 1.82) is 0 Å². The van der Waals surface area contributed by atoms with Gasteiger partial charge in [0.15, 0.2) is 11.6 Å². The van der Waals surface area contributed by atoms with E-state index in [1.165, 1.54) is 12.1 Å². The lowest BCUT2D eigenvalue weighted by molar-refractivity contribution is 0.251. The van der Waals surface area contributed by atoms with Crippen molar-refractivity contribution in [2.75, 3.05) is 5.32 Å². The summed E-state index contributed by atoms with van der Waals surface area (Å²) in [7, 11) is 0. The molecule has 1 aromatic heterocycles. The van der Waals surface area contributed by atoms with Crippen LogP contribution in [0.15, 0.2) is 60.9 Å². The van der Waals surface area contributed by atoms with Gasteiger partial charge in [-0.25, -0.2) is 9.18 Å². The molecule has 7 heteroatoms. The van der Waals surface area contributed by atoms with Gasteiger partial charge in [-0.15, -0.1) is 0 Å². The molecule has 3 aromatic rings. The van der Waals surface area contributed by atoms with Gasteiger partial charge in [-0.2, -0.15) is 5.10 Å². The molecule has 25 heavy (non-hydrogen) atoms. The fourth-order valence-electron chi connectivity index (χ4n) is 2.35. The van der Waals surface area contributed by atoms with Gasteiger partial charge >= 0.3 is 6.03 Å². The highest BCUT2D eigenvalue weighted by atomic mass is 19.1. The number of phenols is 1. The number of rotatable bonds is 5. The molecule has 0 aliphatic carbocycles. The molecule has 2 amide bonds. The van der Waals surface area contributed by atoms with Crippen LogP contribution in [0.4, 0.5) is 14.9 Å². The van der Waals surface area contributed by atoms with E-state index >= 15 is 0 Å². The molecule has 0 aliphatic heterocycles. The average Bonchev–Trinajstić information content (AvgIpc) is 3.09. The van der Waals surface area contributed by atoms with Crippen molar-refractivity contribution in [1.82, 2.24) is 15.1 Å².